The number of hydrogen-bond donors (Lipinski definition) is 1. The summed E-state index contributed by atoms with van der Waals surface area (Å²) in [7, 11) is 0. The Labute approximate surface area is 123 Å². The molecule has 2 rings (SSSR count). The van der Waals surface area contributed by atoms with Crippen LogP contribution in [0.5, 0.6) is 5.75 Å². The first-order valence-electron chi connectivity index (χ1n) is 8.19. The largest absolute Gasteiger partial charge is 0.491 e. The number of nitrogens with one attached hydrogen (secondary N) is 1. The molecule has 0 aliphatic heterocycles. The summed E-state index contributed by atoms with van der Waals surface area (Å²) in [4.78, 5) is 0. The van der Waals surface area contributed by atoms with Gasteiger partial charge in [0.1, 0.15) is 5.75 Å². The zero-order chi connectivity index (χ0) is 14.4. The van der Waals surface area contributed by atoms with Crippen LogP contribution in [0.15, 0.2) is 24.3 Å². The van der Waals surface area contributed by atoms with Crippen LogP contribution in [0.25, 0.3) is 0 Å². The molecule has 0 aromatic heterocycles. The van der Waals surface area contributed by atoms with Crippen LogP contribution < -0.4 is 10.1 Å². The van der Waals surface area contributed by atoms with E-state index >= 15 is 0 Å². The summed E-state index contributed by atoms with van der Waals surface area (Å²) in [6.45, 7) is 7.45. The van der Waals surface area contributed by atoms with E-state index in [1.807, 2.05) is 0 Å². The fourth-order valence-electron chi connectivity index (χ4n) is 3.25. The zero-order valence-electron chi connectivity index (χ0n) is 13.2. The van der Waals surface area contributed by atoms with E-state index in [4.69, 9.17) is 4.74 Å². The van der Waals surface area contributed by atoms with Gasteiger partial charge in [0.05, 0.1) is 6.10 Å². The van der Waals surface area contributed by atoms with E-state index in [0.717, 1.165) is 12.3 Å². The van der Waals surface area contributed by atoms with Crippen LogP contribution in [-0.4, -0.2) is 18.7 Å². The number of rotatable bonds is 5. The summed E-state index contributed by atoms with van der Waals surface area (Å²) in [5.74, 6) is 1.69. The first-order valence-corrected chi connectivity index (χ1v) is 8.19. The highest BCUT2D eigenvalue weighted by Gasteiger charge is 2.21. The second-order valence-electron chi connectivity index (χ2n) is 6.21. The van der Waals surface area contributed by atoms with Crippen molar-refractivity contribution in [2.75, 3.05) is 6.54 Å². The van der Waals surface area contributed by atoms with Gasteiger partial charge in [-0.2, -0.15) is 0 Å². The summed E-state index contributed by atoms with van der Waals surface area (Å²) < 4.78 is 5.84. The van der Waals surface area contributed by atoms with Crippen molar-refractivity contribution in [3.05, 3.63) is 29.8 Å². The first-order chi connectivity index (χ1) is 9.69. The fraction of sp³-hybridized carbons (Fsp3) is 0.667. The maximum absolute atomic E-state index is 5.84. The van der Waals surface area contributed by atoms with E-state index in [0.29, 0.717) is 12.0 Å². The molecule has 1 fully saturated rings. The van der Waals surface area contributed by atoms with E-state index < -0.39 is 0 Å². The topological polar surface area (TPSA) is 21.3 Å². The predicted octanol–water partition coefficient (Wildman–Crippen LogP) is 4.50. The van der Waals surface area contributed by atoms with Gasteiger partial charge in [0.15, 0.2) is 0 Å². The van der Waals surface area contributed by atoms with Gasteiger partial charge in [0.2, 0.25) is 0 Å². The maximum Gasteiger partial charge on any atom is 0.119 e. The molecule has 0 amide bonds. The van der Waals surface area contributed by atoms with Crippen molar-refractivity contribution in [2.45, 2.75) is 70.9 Å². The molecule has 0 saturated heterocycles. The average Bonchev–Trinajstić information content (AvgIpc) is 2.64. The maximum atomic E-state index is 5.84. The normalized spacial score (nSPS) is 23.6. The lowest BCUT2D eigenvalue weighted by atomic mass is 9.90. The quantitative estimate of drug-likeness (QED) is 0.799. The minimum Gasteiger partial charge on any atom is -0.491 e. The lowest BCUT2D eigenvalue weighted by Gasteiger charge is -2.22. The van der Waals surface area contributed by atoms with Gasteiger partial charge in [-0.1, -0.05) is 31.9 Å². The summed E-state index contributed by atoms with van der Waals surface area (Å²) in [5, 5.41) is 3.64. The third kappa shape index (κ3) is 4.52. The van der Waals surface area contributed by atoms with Crippen LogP contribution in [-0.2, 0) is 0 Å². The molecular formula is C18H29NO. The van der Waals surface area contributed by atoms with Crippen LogP contribution in [0.2, 0.25) is 0 Å². The van der Waals surface area contributed by atoms with Gasteiger partial charge in [-0.25, -0.2) is 0 Å². The van der Waals surface area contributed by atoms with Crippen molar-refractivity contribution in [2.24, 2.45) is 0 Å². The average molecular weight is 275 g/mol. The second kappa shape index (κ2) is 7.68. The van der Waals surface area contributed by atoms with Crippen molar-refractivity contribution >= 4 is 0 Å². The molecule has 2 atom stereocenters. The van der Waals surface area contributed by atoms with Crippen molar-refractivity contribution in [1.29, 1.82) is 0 Å². The molecular weight excluding hydrogens is 246 g/mol. The van der Waals surface area contributed by atoms with Crippen molar-refractivity contribution in [3.8, 4) is 5.75 Å². The van der Waals surface area contributed by atoms with Gasteiger partial charge in [-0.15, -0.1) is 0 Å². The Kier molecular flexibility index (Phi) is 5.90. The standard InChI is InChI=1S/C18H29NO/c1-4-19-17-10-6-5-8-15(12-17)16-9-7-11-18(13-16)20-14(2)3/h7,9,11,13-15,17,19H,4-6,8,10,12H2,1-3H3. The molecule has 0 heterocycles. The molecule has 1 aromatic carbocycles. The molecule has 1 aliphatic rings. The van der Waals surface area contributed by atoms with Gasteiger partial charge < -0.3 is 10.1 Å². The molecule has 0 bridgehead atoms. The number of hydrogen-bond acceptors (Lipinski definition) is 2. The number of benzene rings is 1. The molecule has 1 aliphatic carbocycles. The van der Waals surface area contributed by atoms with E-state index in [1.54, 1.807) is 0 Å². The summed E-state index contributed by atoms with van der Waals surface area (Å²) in [6, 6.07) is 9.41. The molecule has 2 heteroatoms. The lowest BCUT2D eigenvalue weighted by Crippen LogP contribution is -2.29. The minimum atomic E-state index is 0.244. The van der Waals surface area contributed by atoms with Crippen LogP contribution >= 0.6 is 0 Å². The van der Waals surface area contributed by atoms with E-state index in [2.05, 4.69) is 50.4 Å². The molecule has 1 aromatic rings. The van der Waals surface area contributed by atoms with E-state index in [-0.39, 0.29) is 6.10 Å². The molecule has 0 radical (unpaired) electrons. The van der Waals surface area contributed by atoms with Gasteiger partial charge in [0, 0.05) is 6.04 Å². The highest BCUT2D eigenvalue weighted by Crippen LogP contribution is 2.33. The molecule has 0 spiro atoms. The Hall–Kier alpha value is -1.02. The predicted molar refractivity (Wildman–Crippen MR) is 85.5 cm³/mol. The minimum absolute atomic E-state index is 0.244. The van der Waals surface area contributed by atoms with Gasteiger partial charge in [0.25, 0.3) is 0 Å². The van der Waals surface area contributed by atoms with Crippen molar-refractivity contribution in [1.82, 2.24) is 5.32 Å². The smallest absolute Gasteiger partial charge is 0.119 e. The van der Waals surface area contributed by atoms with Gasteiger partial charge in [-0.3, -0.25) is 0 Å². The Morgan fingerprint density at radius 2 is 2.05 bits per heavy atom. The Morgan fingerprint density at radius 3 is 2.80 bits per heavy atom. The third-order valence-corrected chi connectivity index (χ3v) is 4.12. The molecule has 112 valence electrons. The van der Waals surface area contributed by atoms with E-state index in [9.17, 15) is 0 Å². The summed E-state index contributed by atoms with van der Waals surface area (Å²) >= 11 is 0. The summed E-state index contributed by atoms with van der Waals surface area (Å²) in [5.41, 5.74) is 1.45. The highest BCUT2D eigenvalue weighted by atomic mass is 16.5. The van der Waals surface area contributed by atoms with Crippen LogP contribution in [0.1, 0.15) is 64.4 Å². The van der Waals surface area contributed by atoms with Crippen LogP contribution in [0.3, 0.4) is 0 Å². The molecule has 20 heavy (non-hydrogen) atoms. The molecule has 2 nitrogen and oxygen atoms in total. The lowest BCUT2D eigenvalue weighted by molar-refractivity contribution is 0.242. The Morgan fingerprint density at radius 1 is 1.25 bits per heavy atom. The number of ether oxygens (including phenoxy) is 1. The monoisotopic (exact) mass is 275 g/mol. The fourth-order valence-corrected chi connectivity index (χ4v) is 3.25. The van der Waals surface area contributed by atoms with Gasteiger partial charge in [-0.05, 0) is 63.3 Å². The van der Waals surface area contributed by atoms with Crippen molar-refractivity contribution in [3.63, 3.8) is 0 Å². The summed E-state index contributed by atoms with van der Waals surface area (Å²) in [6.07, 6.45) is 6.85. The van der Waals surface area contributed by atoms with Crippen LogP contribution in [0.4, 0.5) is 0 Å². The van der Waals surface area contributed by atoms with Gasteiger partial charge >= 0.3 is 0 Å². The van der Waals surface area contributed by atoms with Crippen molar-refractivity contribution < 1.29 is 4.74 Å². The van der Waals surface area contributed by atoms with E-state index in [1.165, 1.54) is 37.7 Å². The SMILES string of the molecule is CCNC1CCCCC(c2cccc(OC(C)C)c2)C1. The Balaban J connectivity index is 2.08. The second-order valence-corrected chi connectivity index (χ2v) is 6.21. The first kappa shape index (κ1) is 15.4. The molecule has 1 saturated carbocycles. The Bertz CT molecular complexity index is 402. The molecule has 1 N–H and O–H groups in total. The molecule has 2 unspecified atom stereocenters. The zero-order valence-corrected chi connectivity index (χ0v) is 13.2. The third-order valence-electron chi connectivity index (χ3n) is 4.12. The highest BCUT2D eigenvalue weighted by molar-refractivity contribution is 5.31. The van der Waals surface area contributed by atoms with Crippen LogP contribution in [0, 0.1) is 0 Å².